The van der Waals surface area contributed by atoms with Gasteiger partial charge in [0.25, 0.3) is 0 Å². The summed E-state index contributed by atoms with van der Waals surface area (Å²) < 4.78 is 43.5. The van der Waals surface area contributed by atoms with E-state index in [0.29, 0.717) is 42.6 Å². The molecule has 1 saturated heterocycles. The van der Waals surface area contributed by atoms with Gasteiger partial charge in [0.15, 0.2) is 17.5 Å². The van der Waals surface area contributed by atoms with Crippen molar-refractivity contribution >= 4 is 5.95 Å². The number of hydrogen-bond acceptors (Lipinski definition) is 4. The molecule has 1 aromatic heterocycles. The maximum atomic E-state index is 14.5. The van der Waals surface area contributed by atoms with Gasteiger partial charge in [-0.05, 0) is 56.7 Å². The SMILES string of the molecule is Fc1ccc(C2CCCCn3nc(N[C@@H]4[C@@H]5CC[C@H]4CNC5)nc32)c(F)c1F. The number of anilines is 1. The molecule has 0 spiro atoms. The quantitative estimate of drug-likeness (QED) is 0.788. The van der Waals surface area contributed by atoms with Gasteiger partial charge in [-0.1, -0.05) is 12.5 Å². The van der Waals surface area contributed by atoms with Crippen molar-refractivity contribution < 1.29 is 13.2 Å². The average molecular weight is 391 g/mol. The van der Waals surface area contributed by atoms with Gasteiger partial charge in [0.1, 0.15) is 5.82 Å². The van der Waals surface area contributed by atoms with Crippen molar-refractivity contribution in [2.45, 2.75) is 50.6 Å². The van der Waals surface area contributed by atoms with E-state index < -0.39 is 23.4 Å². The van der Waals surface area contributed by atoms with Crippen LogP contribution in [0.3, 0.4) is 0 Å². The van der Waals surface area contributed by atoms with Gasteiger partial charge < -0.3 is 10.6 Å². The highest BCUT2D eigenvalue weighted by Gasteiger charge is 2.39. The predicted molar refractivity (Wildman–Crippen MR) is 98.5 cm³/mol. The average Bonchev–Trinajstić information content (AvgIpc) is 3.08. The second kappa shape index (κ2) is 7.06. The van der Waals surface area contributed by atoms with E-state index in [9.17, 15) is 13.2 Å². The topological polar surface area (TPSA) is 54.8 Å². The second-order valence-corrected chi connectivity index (χ2v) is 8.26. The van der Waals surface area contributed by atoms with Crippen LogP contribution in [0.2, 0.25) is 0 Å². The van der Waals surface area contributed by atoms with Crippen LogP contribution in [0.25, 0.3) is 0 Å². The van der Waals surface area contributed by atoms with Crippen LogP contribution in [0.1, 0.15) is 49.4 Å². The van der Waals surface area contributed by atoms with Crippen LogP contribution in [-0.4, -0.2) is 33.9 Å². The number of nitrogens with one attached hydrogen (secondary N) is 2. The lowest BCUT2D eigenvalue weighted by Crippen LogP contribution is -2.45. The van der Waals surface area contributed by atoms with Crippen LogP contribution in [-0.2, 0) is 6.54 Å². The van der Waals surface area contributed by atoms with Crippen molar-refractivity contribution in [3.05, 3.63) is 41.0 Å². The Labute approximate surface area is 161 Å². The van der Waals surface area contributed by atoms with Gasteiger partial charge in [-0.15, -0.1) is 5.10 Å². The van der Waals surface area contributed by atoms with Crippen LogP contribution in [0.4, 0.5) is 19.1 Å². The third-order valence-corrected chi connectivity index (χ3v) is 6.60. The lowest BCUT2D eigenvalue weighted by atomic mass is 9.93. The van der Waals surface area contributed by atoms with E-state index in [2.05, 4.69) is 15.7 Å². The summed E-state index contributed by atoms with van der Waals surface area (Å²) in [6, 6.07) is 2.68. The minimum absolute atomic E-state index is 0.155. The molecule has 1 saturated carbocycles. The molecule has 8 heteroatoms. The molecule has 3 heterocycles. The standard InChI is InChI=1S/C20H24F3N5/c21-15-7-6-13(16(22)17(15)23)14-3-1-2-8-28-19(14)26-20(27-28)25-18-11-4-5-12(18)10-24-9-11/h6-7,11-12,14,18,24H,1-5,8-10H2,(H,25,27)/t11-,12+,14?,18-. The fourth-order valence-electron chi connectivity index (χ4n) is 5.15. The zero-order valence-electron chi connectivity index (χ0n) is 15.6. The van der Waals surface area contributed by atoms with Crippen LogP contribution < -0.4 is 10.6 Å². The first kappa shape index (κ1) is 18.0. The molecule has 1 aromatic carbocycles. The Hall–Kier alpha value is -2.09. The Morgan fingerprint density at radius 1 is 1.00 bits per heavy atom. The van der Waals surface area contributed by atoms with Crippen molar-refractivity contribution in [2.75, 3.05) is 18.4 Å². The van der Waals surface area contributed by atoms with Gasteiger partial charge in [0.2, 0.25) is 5.95 Å². The van der Waals surface area contributed by atoms with Crippen molar-refractivity contribution in [3.63, 3.8) is 0 Å². The molecule has 2 aliphatic heterocycles. The predicted octanol–water partition coefficient (Wildman–Crippen LogP) is 3.42. The summed E-state index contributed by atoms with van der Waals surface area (Å²) in [6.45, 7) is 2.71. The largest absolute Gasteiger partial charge is 0.350 e. The number of aryl methyl sites for hydroxylation is 1. The molecule has 2 N–H and O–H groups in total. The maximum Gasteiger partial charge on any atom is 0.242 e. The Morgan fingerprint density at radius 2 is 1.79 bits per heavy atom. The van der Waals surface area contributed by atoms with E-state index in [1.807, 2.05) is 4.68 Å². The number of halogens is 3. The van der Waals surface area contributed by atoms with Gasteiger partial charge in [0, 0.05) is 24.1 Å². The van der Waals surface area contributed by atoms with Gasteiger partial charge in [-0.25, -0.2) is 17.9 Å². The first-order valence-electron chi connectivity index (χ1n) is 10.2. The zero-order valence-corrected chi connectivity index (χ0v) is 15.6. The highest BCUT2D eigenvalue weighted by atomic mass is 19.2. The Balaban J connectivity index is 1.46. The molecule has 2 aromatic rings. The smallest absolute Gasteiger partial charge is 0.242 e. The third-order valence-electron chi connectivity index (χ3n) is 6.60. The van der Waals surface area contributed by atoms with Crippen molar-refractivity contribution in [2.24, 2.45) is 11.8 Å². The number of benzene rings is 1. The van der Waals surface area contributed by atoms with Crippen molar-refractivity contribution in [1.29, 1.82) is 0 Å². The first-order valence-corrected chi connectivity index (χ1v) is 10.2. The van der Waals surface area contributed by atoms with Gasteiger partial charge in [-0.2, -0.15) is 4.98 Å². The number of fused-ring (bicyclic) bond motifs is 3. The fraction of sp³-hybridized carbons (Fsp3) is 0.600. The van der Waals surface area contributed by atoms with Crippen LogP contribution >= 0.6 is 0 Å². The number of aromatic nitrogens is 3. The van der Waals surface area contributed by atoms with Crippen molar-refractivity contribution in [1.82, 2.24) is 20.1 Å². The summed E-state index contributed by atoms with van der Waals surface area (Å²) in [5, 5.41) is 11.6. The Kier molecular flexibility index (Phi) is 4.53. The molecule has 28 heavy (non-hydrogen) atoms. The van der Waals surface area contributed by atoms with Gasteiger partial charge in [-0.3, -0.25) is 0 Å². The molecule has 1 aliphatic carbocycles. The molecular formula is C20H24F3N5. The van der Waals surface area contributed by atoms with Gasteiger partial charge >= 0.3 is 0 Å². The molecular weight excluding hydrogens is 367 g/mol. The molecule has 4 atom stereocenters. The first-order chi connectivity index (χ1) is 13.6. The van der Waals surface area contributed by atoms with Crippen molar-refractivity contribution in [3.8, 4) is 0 Å². The van der Waals surface area contributed by atoms with Crippen LogP contribution in [0, 0.1) is 29.3 Å². The summed E-state index contributed by atoms with van der Waals surface area (Å²) in [4.78, 5) is 4.69. The monoisotopic (exact) mass is 391 g/mol. The second-order valence-electron chi connectivity index (χ2n) is 8.26. The normalized spacial score (nSPS) is 29.4. The number of nitrogens with zero attached hydrogens (tertiary/aromatic N) is 3. The summed E-state index contributed by atoms with van der Waals surface area (Å²) in [5.74, 6) is -1.79. The summed E-state index contributed by atoms with van der Waals surface area (Å²) in [5.41, 5.74) is 0.155. The minimum atomic E-state index is -1.42. The molecule has 5 rings (SSSR count). The van der Waals surface area contributed by atoms with Gasteiger partial charge in [0.05, 0.1) is 0 Å². The van der Waals surface area contributed by atoms with E-state index >= 15 is 0 Å². The van der Waals surface area contributed by atoms with E-state index in [-0.39, 0.29) is 5.56 Å². The number of piperidine rings is 1. The fourth-order valence-corrected chi connectivity index (χ4v) is 5.15. The lowest BCUT2D eigenvalue weighted by Gasteiger charge is -2.31. The summed E-state index contributed by atoms with van der Waals surface area (Å²) in [6.07, 6.45) is 4.79. The molecule has 2 bridgehead atoms. The van der Waals surface area contributed by atoms with E-state index in [1.165, 1.54) is 18.9 Å². The Morgan fingerprint density at radius 3 is 2.57 bits per heavy atom. The lowest BCUT2D eigenvalue weighted by molar-refractivity contribution is 0.341. The maximum absolute atomic E-state index is 14.5. The molecule has 5 nitrogen and oxygen atoms in total. The molecule has 3 aliphatic rings. The number of rotatable bonds is 3. The highest BCUT2D eigenvalue weighted by molar-refractivity contribution is 5.34. The molecule has 1 unspecified atom stereocenters. The van der Waals surface area contributed by atoms with Crippen LogP contribution in [0.15, 0.2) is 12.1 Å². The van der Waals surface area contributed by atoms with E-state index in [4.69, 9.17) is 4.98 Å². The molecule has 0 radical (unpaired) electrons. The molecule has 150 valence electrons. The minimum Gasteiger partial charge on any atom is -0.350 e. The zero-order chi connectivity index (χ0) is 19.3. The van der Waals surface area contributed by atoms with E-state index in [0.717, 1.165) is 32.0 Å². The summed E-state index contributed by atoms with van der Waals surface area (Å²) >= 11 is 0. The summed E-state index contributed by atoms with van der Waals surface area (Å²) in [7, 11) is 0. The Bertz CT molecular complexity index is 867. The molecule has 2 fully saturated rings. The third kappa shape index (κ3) is 2.98. The highest BCUT2D eigenvalue weighted by Crippen LogP contribution is 2.37. The van der Waals surface area contributed by atoms with E-state index in [1.54, 1.807) is 0 Å². The molecule has 0 amide bonds. The number of hydrogen-bond donors (Lipinski definition) is 2. The van der Waals surface area contributed by atoms with Crippen LogP contribution in [0.5, 0.6) is 0 Å².